The van der Waals surface area contributed by atoms with Crippen LogP contribution in [0.25, 0.3) is 10.9 Å². The van der Waals surface area contributed by atoms with Crippen molar-refractivity contribution in [2.75, 3.05) is 21.3 Å². The van der Waals surface area contributed by atoms with Crippen LogP contribution < -0.4 is 4.74 Å². The van der Waals surface area contributed by atoms with Gasteiger partial charge in [0.15, 0.2) is 0 Å². The van der Waals surface area contributed by atoms with Crippen molar-refractivity contribution in [2.45, 2.75) is 13.2 Å². The lowest BCUT2D eigenvalue weighted by atomic mass is 10.1. The second kappa shape index (κ2) is 7.63. The number of hydrogen-bond acceptors (Lipinski definition) is 5. The number of methoxy groups -OCH3 is 2. The summed E-state index contributed by atoms with van der Waals surface area (Å²) >= 11 is 1.47. The Bertz CT molecular complexity index is 891. The predicted octanol–water partition coefficient (Wildman–Crippen LogP) is 3.72. The first-order chi connectivity index (χ1) is 12.1. The van der Waals surface area contributed by atoms with Gasteiger partial charge in [-0.3, -0.25) is 9.78 Å². The molecule has 1 aromatic carbocycles. The molecule has 0 aliphatic heterocycles. The fraction of sp³-hybridized carbons (Fsp3) is 0.263. The molecule has 0 atom stereocenters. The van der Waals surface area contributed by atoms with E-state index in [4.69, 9.17) is 9.47 Å². The van der Waals surface area contributed by atoms with Crippen molar-refractivity contribution in [3.63, 3.8) is 0 Å². The van der Waals surface area contributed by atoms with Crippen molar-refractivity contribution in [2.24, 2.45) is 0 Å². The van der Waals surface area contributed by atoms with Crippen molar-refractivity contribution in [1.29, 1.82) is 0 Å². The molecule has 2 heterocycles. The second-order valence-electron chi connectivity index (χ2n) is 5.69. The highest BCUT2D eigenvalue weighted by Crippen LogP contribution is 2.27. The highest BCUT2D eigenvalue weighted by atomic mass is 32.1. The Hall–Kier alpha value is -2.44. The molecule has 0 N–H and O–H groups in total. The lowest BCUT2D eigenvalue weighted by Crippen LogP contribution is -2.25. The Morgan fingerprint density at radius 1 is 1.20 bits per heavy atom. The first-order valence-corrected chi connectivity index (χ1v) is 8.69. The van der Waals surface area contributed by atoms with Crippen LogP contribution in [0.4, 0.5) is 0 Å². The summed E-state index contributed by atoms with van der Waals surface area (Å²) in [4.78, 5) is 20.6. The van der Waals surface area contributed by atoms with E-state index < -0.39 is 0 Å². The van der Waals surface area contributed by atoms with Gasteiger partial charge in [-0.15, -0.1) is 11.3 Å². The molecule has 3 aromatic rings. The number of carbonyl (C=O) groups excluding carboxylic acids is 1. The summed E-state index contributed by atoms with van der Waals surface area (Å²) in [7, 11) is 5.09. The van der Waals surface area contributed by atoms with Gasteiger partial charge < -0.3 is 14.4 Å². The van der Waals surface area contributed by atoms with E-state index in [1.807, 2.05) is 43.4 Å². The summed E-state index contributed by atoms with van der Waals surface area (Å²) in [6.07, 6.45) is 1.74. The molecule has 2 aromatic heterocycles. The molecule has 0 aliphatic carbocycles. The van der Waals surface area contributed by atoms with Crippen molar-refractivity contribution >= 4 is 28.1 Å². The molecule has 0 spiro atoms. The van der Waals surface area contributed by atoms with Crippen LogP contribution in [0.5, 0.6) is 5.75 Å². The summed E-state index contributed by atoms with van der Waals surface area (Å²) < 4.78 is 10.5. The molecule has 0 radical (unpaired) electrons. The summed E-state index contributed by atoms with van der Waals surface area (Å²) in [6, 6.07) is 11.6. The Balaban J connectivity index is 1.84. The van der Waals surface area contributed by atoms with Crippen LogP contribution in [-0.2, 0) is 17.9 Å². The number of ether oxygens (including phenoxy) is 2. The molecule has 3 rings (SSSR count). The number of nitrogens with zero attached hydrogens (tertiary/aromatic N) is 2. The molecule has 0 saturated heterocycles. The molecular formula is C19H20N2O3S. The molecule has 5 nitrogen and oxygen atoms in total. The molecule has 0 saturated carbocycles. The highest BCUT2D eigenvalue weighted by Gasteiger charge is 2.16. The van der Waals surface area contributed by atoms with Crippen LogP contribution in [0, 0.1) is 0 Å². The van der Waals surface area contributed by atoms with Crippen molar-refractivity contribution < 1.29 is 14.3 Å². The fourth-order valence-corrected chi connectivity index (χ4v) is 3.71. The average Bonchev–Trinajstić information content (AvgIpc) is 3.10. The predicted molar refractivity (Wildman–Crippen MR) is 99.1 cm³/mol. The quantitative estimate of drug-likeness (QED) is 0.675. The van der Waals surface area contributed by atoms with Crippen molar-refractivity contribution in [3.05, 3.63) is 57.9 Å². The number of fused-ring (bicyclic) bond motifs is 1. The number of rotatable bonds is 6. The van der Waals surface area contributed by atoms with E-state index in [0.717, 1.165) is 27.1 Å². The standard InChI is InChI=1S/C19H20N2O3S/c1-21(19(22)17-9-7-14(25-17)12-23-2)11-13-6-8-16(24-3)18-15(13)5-4-10-20-18/h4-10H,11-12H2,1-3H3. The summed E-state index contributed by atoms with van der Waals surface area (Å²) in [5.41, 5.74) is 1.84. The second-order valence-corrected chi connectivity index (χ2v) is 6.86. The Morgan fingerprint density at radius 3 is 2.80 bits per heavy atom. The highest BCUT2D eigenvalue weighted by molar-refractivity contribution is 7.14. The topological polar surface area (TPSA) is 51.7 Å². The molecule has 0 unspecified atom stereocenters. The average molecular weight is 356 g/mol. The molecule has 0 bridgehead atoms. The Kier molecular flexibility index (Phi) is 5.31. The summed E-state index contributed by atoms with van der Waals surface area (Å²) in [5, 5.41) is 0.993. The largest absolute Gasteiger partial charge is 0.494 e. The summed E-state index contributed by atoms with van der Waals surface area (Å²) in [5.74, 6) is 0.732. The lowest BCUT2D eigenvalue weighted by molar-refractivity contribution is 0.0790. The van der Waals surface area contributed by atoms with Crippen LogP contribution in [-0.4, -0.2) is 37.1 Å². The van der Waals surface area contributed by atoms with Crippen LogP contribution in [0.3, 0.4) is 0 Å². The molecule has 6 heteroatoms. The zero-order valence-electron chi connectivity index (χ0n) is 14.5. The van der Waals surface area contributed by atoms with E-state index in [9.17, 15) is 4.79 Å². The maximum absolute atomic E-state index is 12.7. The minimum atomic E-state index is 0.000196. The van der Waals surface area contributed by atoms with Gasteiger partial charge in [-0.05, 0) is 29.8 Å². The van der Waals surface area contributed by atoms with Gasteiger partial charge >= 0.3 is 0 Å². The van der Waals surface area contributed by atoms with E-state index in [0.29, 0.717) is 18.0 Å². The third-order valence-electron chi connectivity index (χ3n) is 3.96. The normalized spacial score (nSPS) is 10.8. The maximum atomic E-state index is 12.7. The molecule has 0 fully saturated rings. The first-order valence-electron chi connectivity index (χ1n) is 7.87. The zero-order valence-corrected chi connectivity index (χ0v) is 15.3. The minimum absolute atomic E-state index is 0.000196. The van der Waals surface area contributed by atoms with Gasteiger partial charge in [-0.1, -0.05) is 12.1 Å². The number of thiophene rings is 1. The number of aromatic nitrogens is 1. The first kappa shape index (κ1) is 17.4. The number of hydrogen-bond donors (Lipinski definition) is 0. The lowest BCUT2D eigenvalue weighted by Gasteiger charge is -2.18. The zero-order chi connectivity index (χ0) is 17.8. The fourth-order valence-electron chi connectivity index (χ4n) is 2.74. The Morgan fingerprint density at radius 2 is 2.04 bits per heavy atom. The Labute approximate surface area is 150 Å². The van der Waals surface area contributed by atoms with Gasteiger partial charge in [-0.25, -0.2) is 0 Å². The van der Waals surface area contributed by atoms with Gasteiger partial charge in [0.1, 0.15) is 11.3 Å². The van der Waals surface area contributed by atoms with Gasteiger partial charge in [-0.2, -0.15) is 0 Å². The SMILES string of the molecule is COCc1ccc(C(=O)N(C)Cc2ccc(OC)c3ncccc23)s1. The van der Waals surface area contributed by atoms with E-state index in [-0.39, 0.29) is 5.91 Å². The van der Waals surface area contributed by atoms with Crippen LogP contribution >= 0.6 is 11.3 Å². The van der Waals surface area contributed by atoms with E-state index in [1.54, 1.807) is 25.3 Å². The minimum Gasteiger partial charge on any atom is -0.494 e. The van der Waals surface area contributed by atoms with Gasteiger partial charge in [0.05, 0.1) is 18.6 Å². The van der Waals surface area contributed by atoms with E-state index in [1.165, 1.54) is 11.3 Å². The van der Waals surface area contributed by atoms with Crippen LogP contribution in [0.2, 0.25) is 0 Å². The monoisotopic (exact) mass is 356 g/mol. The molecule has 0 aliphatic rings. The van der Waals surface area contributed by atoms with E-state index in [2.05, 4.69) is 4.98 Å². The smallest absolute Gasteiger partial charge is 0.263 e. The van der Waals surface area contributed by atoms with Crippen molar-refractivity contribution in [1.82, 2.24) is 9.88 Å². The third-order valence-corrected chi connectivity index (χ3v) is 5.00. The van der Waals surface area contributed by atoms with Gasteiger partial charge in [0, 0.05) is 37.2 Å². The number of benzene rings is 1. The van der Waals surface area contributed by atoms with Crippen molar-refractivity contribution in [3.8, 4) is 5.75 Å². The van der Waals surface area contributed by atoms with Crippen LogP contribution in [0.1, 0.15) is 20.1 Å². The maximum Gasteiger partial charge on any atom is 0.263 e. The van der Waals surface area contributed by atoms with Gasteiger partial charge in [0.2, 0.25) is 0 Å². The molecule has 1 amide bonds. The van der Waals surface area contributed by atoms with Crippen LogP contribution in [0.15, 0.2) is 42.6 Å². The summed E-state index contributed by atoms with van der Waals surface area (Å²) in [6.45, 7) is 1.03. The van der Waals surface area contributed by atoms with Gasteiger partial charge in [0.25, 0.3) is 5.91 Å². The molecule has 25 heavy (non-hydrogen) atoms. The van der Waals surface area contributed by atoms with E-state index >= 15 is 0 Å². The third kappa shape index (κ3) is 3.65. The molecule has 130 valence electrons. The number of amides is 1. The number of pyridine rings is 1. The molecular weight excluding hydrogens is 336 g/mol. The number of carbonyl (C=O) groups is 1.